The summed E-state index contributed by atoms with van der Waals surface area (Å²) in [4.78, 5) is 12.2. The van der Waals surface area contributed by atoms with E-state index in [-0.39, 0.29) is 12.5 Å². The molecule has 2 aromatic carbocycles. The Morgan fingerprint density at radius 2 is 1.70 bits per heavy atom. The van der Waals surface area contributed by atoms with Crippen molar-refractivity contribution in [2.75, 3.05) is 0 Å². The van der Waals surface area contributed by atoms with E-state index in [1.54, 1.807) is 0 Å². The first-order valence-electron chi connectivity index (χ1n) is 8.94. The Morgan fingerprint density at radius 3 is 2.33 bits per heavy atom. The van der Waals surface area contributed by atoms with Crippen LogP contribution in [-0.4, -0.2) is 26.4 Å². The minimum absolute atomic E-state index is 0.0845. The standard InChI is InChI=1S/C20H25FN2O3S/c1-3-9-15(2)22-20(24)18(14-16-10-5-4-6-11-16)23-27(25,26)19-13-8-7-12-17(19)21/h4-8,10-13,15,18,23H,3,9,14H2,1-2H3,(H,22,24)/t15-,18-/m1/s1. The van der Waals surface area contributed by atoms with Crippen LogP contribution >= 0.6 is 0 Å². The van der Waals surface area contributed by atoms with Crippen molar-refractivity contribution in [1.29, 1.82) is 0 Å². The van der Waals surface area contributed by atoms with Crippen LogP contribution in [0.4, 0.5) is 4.39 Å². The molecule has 0 heterocycles. The van der Waals surface area contributed by atoms with E-state index in [0.717, 1.165) is 24.5 Å². The van der Waals surface area contributed by atoms with Crippen LogP contribution in [0.25, 0.3) is 0 Å². The van der Waals surface area contributed by atoms with Gasteiger partial charge in [0.05, 0.1) is 0 Å². The number of hydrogen-bond acceptors (Lipinski definition) is 3. The van der Waals surface area contributed by atoms with Gasteiger partial charge in [-0.05, 0) is 37.5 Å². The van der Waals surface area contributed by atoms with Gasteiger partial charge in [0.15, 0.2) is 0 Å². The van der Waals surface area contributed by atoms with E-state index in [9.17, 15) is 17.6 Å². The van der Waals surface area contributed by atoms with Gasteiger partial charge in [0.1, 0.15) is 16.8 Å². The zero-order chi connectivity index (χ0) is 19.9. The van der Waals surface area contributed by atoms with Crippen molar-refractivity contribution in [3.63, 3.8) is 0 Å². The number of carbonyl (C=O) groups excluding carboxylic acids is 1. The fourth-order valence-electron chi connectivity index (χ4n) is 2.80. The van der Waals surface area contributed by atoms with Crippen molar-refractivity contribution in [1.82, 2.24) is 10.0 Å². The molecule has 1 amide bonds. The first-order valence-corrected chi connectivity index (χ1v) is 10.4. The van der Waals surface area contributed by atoms with Gasteiger partial charge >= 0.3 is 0 Å². The molecule has 0 unspecified atom stereocenters. The maximum Gasteiger partial charge on any atom is 0.244 e. The monoisotopic (exact) mass is 392 g/mol. The third-order valence-electron chi connectivity index (χ3n) is 4.13. The number of nitrogens with one attached hydrogen (secondary N) is 2. The molecule has 0 saturated heterocycles. The molecule has 0 aliphatic heterocycles. The highest BCUT2D eigenvalue weighted by Gasteiger charge is 2.28. The van der Waals surface area contributed by atoms with Crippen LogP contribution in [0.2, 0.25) is 0 Å². The van der Waals surface area contributed by atoms with Gasteiger partial charge in [-0.1, -0.05) is 55.8 Å². The molecule has 2 rings (SSSR count). The van der Waals surface area contributed by atoms with Gasteiger partial charge in [-0.25, -0.2) is 12.8 Å². The minimum Gasteiger partial charge on any atom is -0.352 e. The SMILES string of the molecule is CCC[C@@H](C)NC(=O)[C@@H](Cc1ccccc1)NS(=O)(=O)c1ccccc1F. The van der Waals surface area contributed by atoms with Crippen LogP contribution < -0.4 is 10.0 Å². The van der Waals surface area contributed by atoms with Gasteiger partial charge in [0, 0.05) is 6.04 Å². The highest BCUT2D eigenvalue weighted by molar-refractivity contribution is 7.89. The molecule has 0 aliphatic rings. The molecule has 2 aromatic rings. The average Bonchev–Trinajstić information content (AvgIpc) is 2.62. The van der Waals surface area contributed by atoms with Gasteiger partial charge in [-0.3, -0.25) is 4.79 Å². The predicted molar refractivity (Wildman–Crippen MR) is 103 cm³/mol. The zero-order valence-electron chi connectivity index (χ0n) is 15.5. The van der Waals surface area contributed by atoms with Crippen molar-refractivity contribution >= 4 is 15.9 Å². The van der Waals surface area contributed by atoms with E-state index in [2.05, 4.69) is 10.0 Å². The Bertz CT molecular complexity index is 857. The number of amides is 1. The molecule has 0 radical (unpaired) electrons. The second-order valence-corrected chi connectivity index (χ2v) is 8.17. The van der Waals surface area contributed by atoms with Crippen molar-refractivity contribution in [2.45, 2.75) is 50.1 Å². The van der Waals surface area contributed by atoms with Crippen molar-refractivity contribution in [3.8, 4) is 0 Å². The van der Waals surface area contributed by atoms with E-state index < -0.39 is 32.7 Å². The number of carbonyl (C=O) groups is 1. The quantitative estimate of drug-likeness (QED) is 0.689. The molecule has 0 saturated carbocycles. The topological polar surface area (TPSA) is 75.3 Å². The van der Waals surface area contributed by atoms with E-state index in [1.165, 1.54) is 18.2 Å². The fourth-order valence-corrected chi connectivity index (χ4v) is 4.07. The van der Waals surface area contributed by atoms with E-state index in [4.69, 9.17) is 0 Å². The smallest absolute Gasteiger partial charge is 0.244 e. The summed E-state index contributed by atoms with van der Waals surface area (Å²) in [6, 6.07) is 13.1. The van der Waals surface area contributed by atoms with Gasteiger partial charge < -0.3 is 5.32 Å². The molecule has 0 bridgehead atoms. The summed E-state index contributed by atoms with van der Waals surface area (Å²) in [5.74, 6) is -1.29. The Hall–Kier alpha value is -2.25. The molecular weight excluding hydrogens is 367 g/mol. The van der Waals surface area contributed by atoms with Crippen LogP contribution in [0.1, 0.15) is 32.3 Å². The average molecular weight is 392 g/mol. The molecule has 7 heteroatoms. The van der Waals surface area contributed by atoms with Crippen LogP contribution in [0.15, 0.2) is 59.5 Å². The third-order valence-corrected chi connectivity index (χ3v) is 5.64. The highest BCUT2D eigenvalue weighted by Crippen LogP contribution is 2.15. The lowest BCUT2D eigenvalue weighted by atomic mass is 10.1. The largest absolute Gasteiger partial charge is 0.352 e. The molecule has 2 N–H and O–H groups in total. The summed E-state index contributed by atoms with van der Waals surface area (Å²) in [7, 11) is -4.19. The fraction of sp³-hybridized carbons (Fsp3) is 0.350. The Kier molecular flexibility index (Phi) is 7.50. The summed E-state index contributed by atoms with van der Waals surface area (Å²) in [5, 5.41) is 2.83. The van der Waals surface area contributed by atoms with Crippen LogP contribution in [0, 0.1) is 5.82 Å². The van der Waals surface area contributed by atoms with Gasteiger partial charge in [-0.15, -0.1) is 0 Å². The molecule has 0 spiro atoms. The van der Waals surface area contributed by atoms with Crippen LogP contribution in [-0.2, 0) is 21.2 Å². The first-order chi connectivity index (χ1) is 12.8. The lowest BCUT2D eigenvalue weighted by Gasteiger charge is -2.21. The molecule has 0 aliphatic carbocycles. The molecule has 0 fully saturated rings. The lowest BCUT2D eigenvalue weighted by Crippen LogP contribution is -2.50. The number of halogens is 1. The Morgan fingerprint density at radius 1 is 1.07 bits per heavy atom. The normalized spacial score (nSPS) is 13.7. The molecule has 0 aromatic heterocycles. The minimum atomic E-state index is -4.19. The second-order valence-electron chi connectivity index (χ2n) is 6.49. The summed E-state index contributed by atoms with van der Waals surface area (Å²) in [6.07, 6.45) is 1.84. The number of rotatable bonds is 9. The summed E-state index contributed by atoms with van der Waals surface area (Å²) >= 11 is 0. The van der Waals surface area contributed by atoms with E-state index in [1.807, 2.05) is 44.2 Å². The molecule has 5 nitrogen and oxygen atoms in total. The van der Waals surface area contributed by atoms with Crippen molar-refractivity contribution in [3.05, 3.63) is 66.0 Å². The molecule has 2 atom stereocenters. The Labute approximate surface area is 160 Å². The van der Waals surface area contributed by atoms with Crippen LogP contribution in [0.3, 0.4) is 0 Å². The predicted octanol–water partition coefficient (Wildman–Crippen LogP) is 3.02. The summed E-state index contributed by atoms with van der Waals surface area (Å²) in [6.45, 7) is 3.87. The maximum absolute atomic E-state index is 14.0. The third kappa shape index (κ3) is 6.15. The van der Waals surface area contributed by atoms with Crippen LogP contribution in [0.5, 0.6) is 0 Å². The molecule has 27 heavy (non-hydrogen) atoms. The van der Waals surface area contributed by atoms with Gasteiger partial charge in [-0.2, -0.15) is 4.72 Å². The first kappa shape index (κ1) is 21.1. The number of sulfonamides is 1. The lowest BCUT2D eigenvalue weighted by molar-refractivity contribution is -0.123. The number of hydrogen-bond donors (Lipinski definition) is 2. The van der Waals surface area contributed by atoms with E-state index >= 15 is 0 Å². The summed E-state index contributed by atoms with van der Waals surface area (Å²) < 4.78 is 41.6. The van der Waals surface area contributed by atoms with Crippen molar-refractivity contribution < 1.29 is 17.6 Å². The maximum atomic E-state index is 14.0. The van der Waals surface area contributed by atoms with Crippen molar-refractivity contribution in [2.24, 2.45) is 0 Å². The molecule has 146 valence electrons. The Balaban J connectivity index is 2.26. The summed E-state index contributed by atoms with van der Waals surface area (Å²) in [5.41, 5.74) is 0.803. The van der Waals surface area contributed by atoms with E-state index in [0.29, 0.717) is 0 Å². The number of benzene rings is 2. The molecular formula is C20H25FN2O3S. The van der Waals surface area contributed by atoms with Gasteiger partial charge in [0.2, 0.25) is 15.9 Å². The van der Waals surface area contributed by atoms with Gasteiger partial charge in [0.25, 0.3) is 0 Å². The second kappa shape index (κ2) is 9.62. The highest BCUT2D eigenvalue weighted by atomic mass is 32.2. The zero-order valence-corrected chi connectivity index (χ0v) is 16.3.